The van der Waals surface area contributed by atoms with Crippen LogP contribution in [0, 0.1) is 11.8 Å². The minimum Gasteiger partial charge on any atom is -0.481 e. The molecule has 2 unspecified atom stereocenters. The zero-order chi connectivity index (χ0) is 24.9. The Balaban J connectivity index is 1.36. The molecule has 0 saturated heterocycles. The molecule has 186 valence electrons. The van der Waals surface area contributed by atoms with E-state index in [1.807, 2.05) is 36.4 Å². The monoisotopic (exact) mass is 479 g/mol. The van der Waals surface area contributed by atoms with Crippen molar-refractivity contribution in [1.82, 2.24) is 15.5 Å². The number of likely N-dealkylation sites (N-methyl/N-ethyl adjacent to an activating group) is 1. The first kappa shape index (κ1) is 24.7. The lowest BCUT2D eigenvalue weighted by atomic mass is 9.76. The number of ether oxygens (including phenoxy) is 1. The van der Waals surface area contributed by atoms with Crippen LogP contribution in [0.4, 0.5) is 4.79 Å². The Bertz CT molecular complexity index is 1040. The van der Waals surface area contributed by atoms with E-state index in [4.69, 9.17) is 4.74 Å². The molecule has 2 amide bonds. The molecule has 2 aliphatic carbocycles. The molecule has 0 radical (unpaired) electrons. The number of hydrogen-bond donors (Lipinski definition) is 3. The normalized spacial score (nSPS) is 16.5. The molecule has 35 heavy (non-hydrogen) atoms. The summed E-state index contributed by atoms with van der Waals surface area (Å²) in [4.78, 5) is 39.0. The average Bonchev–Trinajstić information content (AvgIpc) is 3.11. The fourth-order valence-corrected chi connectivity index (χ4v) is 4.97. The minimum atomic E-state index is -0.899. The fraction of sp³-hybridized carbons (Fsp3) is 0.444. The molecule has 1 saturated carbocycles. The first-order valence-corrected chi connectivity index (χ1v) is 12.1. The molecule has 0 aliphatic heterocycles. The number of nitrogens with zero attached hydrogens (tertiary/aromatic N) is 1. The average molecular weight is 480 g/mol. The van der Waals surface area contributed by atoms with Gasteiger partial charge in [-0.2, -0.15) is 0 Å². The number of rotatable bonds is 10. The Hall–Kier alpha value is -3.39. The summed E-state index contributed by atoms with van der Waals surface area (Å²) in [5.74, 6) is -1.91. The molecule has 4 rings (SSSR count). The first-order valence-electron chi connectivity index (χ1n) is 12.1. The molecular weight excluding hydrogens is 446 g/mol. The number of carbonyl (C=O) groups is 3. The SMILES string of the molecule is CN(C)CC(NC(=O)OCC1c2ccccc2-c2ccccc21)C(=O)NCC(C(=O)O)C1CCC1. The Kier molecular flexibility index (Phi) is 7.70. The second-order valence-corrected chi connectivity index (χ2v) is 9.67. The van der Waals surface area contributed by atoms with Crippen molar-refractivity contribution >= 4 is 18.0 Å². The van der Waals surface area contributed by atoms with Gasteiger partial charge in [0.15, 0.2) is 0 Å². The van der Waals surface area contributed by atoms with Crippen LogP contribution >= 0.6 is 0 Å². The van der Waals surface area contributed by atoms with Crippen LogP contribution in [0.25, 0.3) is 11.1 Å². The fourth-order valence-electron chi connectivity index (χ4n) is 4.97. The van der Waals surface area contributed by atoms with E-state index in [0.717, 1.165) is 41.5 Å². The molecule has 0 spiro atoms. The van der Waals surface area contributed by atoms with Crippen molar-refractivity contribution in [3.8, 4) is 11.1 Å². The van der Waals surface area contributed by atoms with Gasteiger partial charge in [-0.1, -0.05) is 55.0 Å². The number of carboxylic acid groups (broad SMARTS) is 1. The third kappa shape index (κ3) is 5.65. The molecule has 2 aromatic rings. The number of hydrogen-bond acceptors (Lipinski definition) is 5. The lowest BCUT2D eigenvalue weighted by molar-refractivity contribution is -0.144. The first-order chi connectivity index (χ1) is 16.8. The van der Waals surface area contributed by atoms with Crippen molar-refractivity contribution in [1.29, 1.82) is 0 Å². The summed E-state index contributed by atoms with van der Waals surface area (Å²) in [6.45, 7) is 0.464. The zero-order valence-electron chi connectivity index (χ0n) is 20.2. The molecule has 3 N–H and O–H groups in total. The van der Waals surface area contributed by atoms with Crippen molar-refractivity contribution in [3.05, 3.63) is 59.7 Å². The summed E-state index contributed by atoms with van der Waals surface area (Å²) in [5, 5.41) is 14.9. The predicted octanol–water partition coefficient (Wildman–Crippen LogP) is 3.07. The van der Waals surface area contributed by atoms with Gasteiger partial charge >= 0.3 is 12.1 Å². The molecule has 8 heteroatoms. The Morgan fingerprint density at radius 1 is 1.03 bits per heavy atom. The van der Waals surface area contributed by atoms with Crippen LogP contribution in [0.1, 0.15) is 36.3 Å². The van der Waals surface area contributed by atoms with E-state index in [-0.39, 0.29) is 31.5 Å². The van der Waals surface area contributed by atoms with Crippen LogP contribution in [-0.2, 0) is 14.3 Å². The van der Waals surface area contributed by atoms with Crippen molar-refractivity contribution < 1.29 is 24.2 Å². The van der Waals surface area contributed by atoms with Gasteiger partial charge < -0.3 is 25.4 Å². The summed E-state index contributed by atoms with van der Waals surface area (Å²) >= 11 is 0. The topological polar surface area (TPSA) is 108 Å². The summed E-state index contributed by atoms with van der Waals surface area (Å²) in [7, 11) is 3.60. The van der Waals surface area contributed by atoms with Gasteiger partial charge in [-0.3, -0.25) is 9.59 Å². The second kappa shape index (κ2) is 10.9. The maximum atomic E-state index is 12.9. The number of carbonyl (C=O) groups excluding carboxylic acids is 2. The van der Waals surface area contributed by atoms with Crippen LogP contribution in [-0.4, -0.2) is 67.8 Å². The van der Waals surface area contributed by atoms with Crippen LogP contribution in [0.15, 0.2) is 48.5 Å². The highest BCUT2D eigenvalue weighted by Crippen LogP contribution is 2.44. The smallest absolute Gasteiger partial charge is 0.407 e. The molecule has 0 heterocycles. The molecule has 0 aromatic heterocycles. The van der Waals surface area contributed by atoms with E-state index in [9.17, 15) is 19.5 Å². The number of fused-ring (bicyclic) bond motifs is 3. The molecule has 0 bridgehead atoms. The maximum Gasteiger partial charge on any atom is 0.407 e. The van der Waals surface area contributed by atoms with E-state index < -0.39 is 29.9 Å². The summed E-state index contributed by atoms with van der Waals surface area (Å²) in [6, 6.07) is 15.3. The van der Waals surface area contributed by atoms with E-state index in [2.05, 4.69) is 22.8 Å². The van der Waals surface area contributed by atoms with Crippen LogP contribution < -0.4 is 10.6 Å². The zero-order valence-corrected chi connectivity index (χ0v) is 20.2. The minimum absolute atomic E-state index is 0.0507. The number of alkyl carbamates (subject to hydrolysis) is 1. The van der Waals surface area contributed by atoms with Crippen molar-refractivity contribution in [2.24, 2.45) is 11.8 Å². The van der Waals surface area contributed by atoms with E-state index in [1.165, 1.54) is 0 Å². The van der Waals surface area contributed by atoms with Gasteiger partial charge in [0, 0.05) is 19.0 Å². The lowest BCUT2D eigenvalue weighted by Crippen LogP contribution is -2.53. The summed E-state index contributed by atoms with van der Waals surface area (Å²) < 4.78 is 5.59. The molecule has 1 fully saturated rings. The van der Waals surface area contributed by atoms with Gasteiger partial charge in [0.05, 0.1) is 5.92 Å². The molecule has 2 aromatic carbocycles. The van der Waals surface area contributed by atoms with E-state index >= 15 is 0 Å². The van der Waals surface area contributed by atoms with Gasteiger partial charge in [-0.05, 0) is 55.1 Å². The number of benzene rings is 2. The van der Waals surface area contributed by atoms with Gasteiger partial charge in [0.25, 0.3) is 0 Å². The van der Waals surface area contributed by atoms with Crippen molar-refractivity contribution in [2.75, 3.05) is 33.8 Å². The second-order valence-electron chi connectivity index (χ2n) is 9.67. The predicted molar refractivity (Wildman–Crippen MR) is 132 cm³/mol. The lowest BCUT2D eigenvalue weighted by Gasteiger charge is -2.31. The van der Waals surface area contributed by atoms with Crippen LogP contribution in [0.2, 0.25) is 0 Å². The van der Waals surface area contributed by atoms with Crippen LogP contribution in [0.3, 0.4) is 0 Å². The Morgan fingerprint density at radius 2 is 1.63 bits per heavy atom. The third-order valence-corrected chi connectivity index (χ3v) is 7.03. The van der Waals surface area contributed by atoms with Crippen LogP contribution in [0.5, 0.6) is 0 Å². The Labute approximate surface area is 205 Å². The number of nitrogens with one attached hydrogen (secondary N) is 2. The summed E-state index contributed by atoms with van der Waals surface area (Å²) in [6.07, 6.45) is 2.08. The third-order valence-electron chi connectivity index (χ3n) is 7.03. The summed E-state index contributed by atoms with van der Waals surface area (Å²) in [5.41, 5.74) is 4.50. The molecular formula is C27H33N3O5. The highest BCUT2D eigenvalue weighted by atomic mass is 16.5. The largest absolute Gasteiger partial charge is 0.481 e. The molecule has 8 nitrogen and oxygen atoms in total. The number of aliphatic carboxylic acids is 1. The van der Waals surface area contributed by atoms with Crippen molar-refractivity contribution in [2.45, 2.75) is 31.2 Å². The van der Waals surface area contributed by atoms with Gasteiger partial charge in [-0.15, -0.1) is 0 Å². The number of amides is 2. The highest BCUT2D eigenvalue weighted by molar-refractivity contribution is 5.86. The molecule has 2 atom stereocenters. The van der Waals surface area contributed by atoms with Gasteiger partial charge in [0.1, 0.15) is 12.6 Å². The van der Waals surface area contributed by atoms with Crippen molar-refractivity contribution in [3.63, 3.8) is 0 Å². The Morgan fingerprint density at radius 3 is 2.14 bits per heavy atom. The van der Waals surface area contributed by atoms with Gasteiger partial charge in [0.2, 0.25) is 5.91 Å². The van der Waals surface area contributed by atoms with Gasteiger partial charge in [-0.25, -0.2) is 4.79 Å². The molecule has 2 aliphatic rings. The standard InChI is InChI=1S/C27H33N3O5/c1-30(2)15-24(25(31)28-14-22(26(32)33)17-8-7-9-17)29-27(34)35-16-23-20-12-5-3-10-18(20)19-11-4-6-13-21(19)23/h3-6,10-13,17,22-24H,7-9,14-16H2,1-2H3,(H,28,31)(H,29,34)(H,32,33). The maximum absolute atomic E-state index is 12.9. The highest BCUT2D eigenvalue weighted by Gasteiger charge is 2.34. The van der Waals surface area contributed by atoms with E-state index in [0.29, 0.717) is 0 Å². The number of carboxylic acids is 1. The van der Waals surface area contributed by atoms with E-state index in [1.54, 1.807) is 19.0 Å². The quantitative estimate of drug-likeness (QED) is 0.483.